The molecule has 1 rings (SSSR count). The quantitative estimate of drug-likeness (QED) is 0.841. The van der Waals surface area contributed by atoms with Crippen LogP contribution in [0.5, 0.6) is 5.75 Å². The predicted molar refractivity (Wildman–Crippen MR) is 51.4 cm³/mol. The van der Waals surface area contributed by atoms with Crippen LogP contribution in [0.3, 0.4) is 0 Å². The number of hydrogen-bond acceptors (Lipinski definition) is 5. The molecule has 0 radical (unpaired) electrons. The molecule has 0 amide bonds. The summed E-state index contributed by atoms with van der Waals surface area (Å²) < 4.78 is 39.6. The molecule has 0 atom stereocenters. The molecule has 1 heterocycles. The van der Waals surface area contributed by atoms with Crippen LogP contribution in [0.4, 0.5) is 18.9 Å². The average Bonchev–Trinajstić information content (AvgIpc) is 2.20. The number of nitrogen functional groups attached to an aromatic ring is 1. The van der Waals surface area contributed by atoms with Crippen LogP contribution in [0.2, 0.25) is 0 Å². The zero-order valence-electron chi connectivity index (χ0n) is 8.65. The highest BCUT2D eigenvalue weighted by atomic mass is 19.4. The van der Waals surface area contributed by atoms with Gasteiger partial charge in [0, 0.05) is 0 Å². The van der Waals surface area contributed by atoms with Crippen LogP contribution >= 0.6 is 0 Å². The molecule has 0 saturated heterocycles. The van der Waals surface area contributed by atoms with E-state index in [1.807, 2.05) is 0 Å². The molecular formula is C9H6F3N3O3. The summed E-state index contributed by atoms with van der Waals surface area (Å²) in [6.45, 7) is 0. The molecule has 0 spiro atoms. The van der Waals surface area contributed by atoms with Crippen molar-refractivity contribution in [2.24, 2.45) is 0 Å². The molecular weight excluding hydrogens is 255 g/mol. The topological polar surface area (TPSA) is 109 Å². The maximum Gasteiger partial charge on any atom is 0.573 e. The summed E-state index contributed by atoms with van der Waals surface area (Å²) in [4.78, 5) is 13.9. The minimum atomic E-state index is -4.99. The number of hydrogen-bond donors (Lipinski definition) is 2. The Bertz CT molecular complexity index is 522. The van der Waals surface area contributed by atoms with Crippen LogP contribution in [-0.4, -0.2) is 22.4 Å². The van der Waals surface area contributed by atoms with E-state index in [2.05, 4.69) is 9.72 Å². The minimum Gasteiger partial charge on any atom is -0.481 e. The normalized spacial score (nSPS) is 10.8. The van der Waals surface area contributed by atoms with Gasteiger partial charge in [-0.2, -0.15) is 5.26 Å². The number of pyridine rings is 1. The number of aliphatic carboxylic acids is 1. The van der Waals surface area contributed by atoms with Crippen molar-refractivity contribution in [3.05, 3.63) is 17.5 Å². The first-order chi connectivity index (χ1) is 8.24. The maximum absolute atomic E-state index is 12.0. The Hall–Kier alpha value is -2.50. The molecule has 1 aromatic rings. The summed E-state index contributed by atoms with van der Waals surface area (Å²) >= 11 is 0. The highest BCUT2D eigenvalue weighted by molar-refractivity contribution is 5.74. The molecule has 1 aromatic heterocycles. The maximum atomic E-state index is 12.0. The molecule has 0 saturated carbocycles. The lowest BCUT2D eigenvalue weighted by Gasteiger charge is -2.12. The number of carboxylic acid groups (broad SMARTS) is 1. The lowest BCUT2D eigenvalue weighted by Crippen LogP contribution is -2.19. The molecule has 0 aliphatic carbocycles. The summed E-state index contributed by atoms with van der Waals surface area (Å²) in [5.74, 6) is -2.14. The Morgan fingerprint density at radius 2 is 2.22 bits per heavy atom. The van der Waals surface area contributed by atoms with E-state index in [0.29, 0.717) is 6.20 Å². The number of nitrogens with two attached hydrogens (primary N) is 1. The van der Waals surface area contributed by atoms with Gasteiger partial charge in [-0.25, -0.2) is 0 Å². The first-order valence-electron chi connectivity index (χ1n) is 4.39. The highest BCUT2D eigenvalue weighted by Gasteiger charge is 2.33. The van der Waals surface area contributed by atoms with E-state index in [0.717, 1.165) is 0 Å². The van der Waals surface area contributed by atoms with Gasteiger partial charge in [0.05, 0.1) is 24.0 Å². The first-order valence-corrected chi connectivity index (χ1v) is 4.39. The molecule has 0 aliphatic heterocycles. The number of aromatic nitrogens is 1. The highest BCUT2D eigenvalue weighted by Crippen LogP contribution is 2.30. The van der Waals surface area contributed by atoms with Crippen molar-refractivity contribution >= 4 is 11.7 Å². The van der Waals surface area contributed by atoms with Gasteiger partial charge in [0.1, 0.15) is 11.6 Å². The average molecular weight is 261 g/mol. The number of nitrogens with zero attached hydrogens (tertiary/aromatic N) is 2. The summed E-state index contributed by atoms with van der Waals surface area (Å²) in [6.07, 6.45) is -4.98. The third kappa shape index (κ3) is 3.24. The van der Waals surface area contributed by atoms with Gasteiger partial charge >= 0.3 is 12.3 Å². The van der Waals surface area contributed by atoms with Crippen LogP contribution in [0.1, 0.15) is 11.3 Å². The fourth-order valence-electron chi connectivity index (χ4n) is 1.15. The van der Waals surface area contributed by atoms with Crippen molar-refractivity contribution in [2.75, 3.05) is 5.73 Å². The summed E-state index contributed by atoms with van der Waals surface area (Å²) in [6, 6.07) is 1.42. The van der Waals surface area contributed by atoms with E-state index in [1.165, 1.54) is 6.07 Å². The Morgan fingerprint density at radius 1 is 1.61 bits per heavy atom. The SMILES string of the molecule is N#Cc1c(OC(F)(F)F)cnc(CC(=O)O)c1N. The molecule has 3 N–H and O–H groups in total. The molecule has 0 aliphatic rings. The number of ether oxygens (including phenoxy) is 1. The largest absolute Gasteiger partial charge is 0.573 e. The summed E-state index contributed by atoms with van der Waals surface area (Å²) in [5, 5.41) is 17.2. The summed E-state index contributed by atoms with van der Waals surface area (Å²) in [7, 11) is 0. The second-order valence-corrected chi connectivity index (χ2v) is 3.09. The van der Waals surface area contributed by atoms with Gasteiger partial charge in [-0.1, -0.05) is 0 Å². The number of rotatable bonds is 3. The van der Waals surface area contributed by atoms with Crippen molar-refractivity contribution < 1.29 is 27.8 Å². The van der Waals surface area contributed by atoms with E-state index in [9.17, 15) is 18.0 Å². The van der Waals surface area contributed by atoms with E-state index < -0.39 is 35.8 Å². The van der Waals surface area contributed by atoms with E-state index >= 15 is 0 Å². The fourth-order valence-corrected chi connectivity index (χ4v) is 1.15. The zero-order valence-corrected chi connectivity index (χ0v) is 8.65. The number of carbonyl (C=O) groups is 1. The van der Waals surface area contributed by atoms with E-state index in [-0.39, 0.29) is 5.69 Å². The number of alkyl halides is 3. The van der Waals surface area contributed by atoms with Crippen LogP contribution in [0, 0.1) is 11.3 Å². The van der Waals surface area contributed by atoms with Crippen molar-refractivity contribution in [3.8, 4) is 11.8 Å². The molecule has 9 heteroatoms. The second-order valence-electron chi connectivity index (χ2n) is 3.09. The molecule has 0 aromatic carbocycles. The Morgan fingerprint density at radius 3 is 2.67 bits per heavy atom. The first kappa shape index (κ1) is 13.6. The van der Waals surface area contributed by atoms with Gasteiger partial charge in [0.25, 0.3) is 0 Å². The van der Waals surface area contributed by atoms with E-state index in [1.54, 1.807) is 0 Å². The number of nitriles is 1. The monoisotopic (exact) mass is 261 g/mol. The zero-order chi connectivity index (χ0) is 13.9. The van der Waals surface area contributed by atoms with Gasteiger partial charge in [0.2, 0.25) is 0 Å². The van der Waals surface area contributed by atoms with E-state index in [4.69, 9.17) is 16.1 Å². The third-order valence-corrected chi connectivity index (χ3v) is 1.82. The van der Waals surface area contributed by atoms with Gasteiger partial charge in [-0.05, 0) is 0 Å². The Kier molecular flexibility index (Phi) is 3.61. The van der Waals surface area contributed by atoms with Crippen LogP contribution in [-0.2, 0) is 11.2 Å². The lowest BCUT2D eigenvalue weighted by atomic mass is 10.1. The lowest BCUT2D eigenvalue weighted by molar-refractivity contribution is -0.274. The number of carboxylic acids is 1. The molecule has 0 unspecified atom stereocenters. The van der Waals surface area contributed by atoms with Gasteiger partial charge in [-0.3, -0.25) is 9.78 Å². The molecule has 0 bridgehead atoms. The van der Waals surface area contributed by atoms with Gasteiger partial charge in [0.15, 0.2) is 5.75 Å². The number of anilines is 1. The van der Waals surface area contributed by atoms with Crippen LogP contribution in [0.15, 0.2) is 6.20 Å². The molecule has 0 fully saturated rings. The molecule has 96 valence electrons. The Labute approximate surface area is 98.4 Å². The van der Waals surface area contributed by atoms with Crippen molar-refractivity contribution in [2.45, 2.75) is 12.8 Å². The smallest absolute Gasteiger partial charge is 0.481 e. The van der Waals surface area contributed by atoms with Crippen molar-refractivity contribution in [3.63, 3.8) is 0 Å². The second kappa shape index (κ2) is 4.79. The summed E-state index contributed by atoms with van der Waals surface area (Å²) in [5.41, 5.74) is 4.12. The fraction of sp³-hybridized carbons (Fsp3) is 0.222. The van der Waals surface area contributed by atoms with Gasteiger partial charge in [-0.15, -0.1) is 13.2 Å². The molecule has 18 heavy (non-hydrogen) atoms. The Balaban J connectivity index is 3.22. The third-order valence-electron chi connectivity index (χ3n) is 1.82. The van der Waals surface area contributed by atoms with Crippen LogP contribution in [0.25, 0.3) is 0 Å². The standard InChI is InChI=1S/C9H6F3N3O3/c10-9(11,12)18-6-3-15-5(1-7(16)17)8(14)4(6)2-13/h3H,1,14H2,(H,16,17). The van der Waals surface area contributed by atoms with Crippen molar-refractivity contribution in [1.82, 2.24) is 4.98 Å². The minimum absolute atomic E-state index is 0.200. The number of halogens is 3. The van der Waals surface area contributed by atoms with Crippen molar-refractivity contribution in [1.29, 1.82) is 5.26 Å². The van der Waals surface area contributed by atoms with Gasteiger partial charge < -0.3 is 15.6 Å². The predicted octanol–water partition coefficient (Wildman–Crippen LogP) is 1.06. The van der Waals surface area contributed by atoms with Crippen LogP contribution < -0.4 is 10.5 Å². The molecule has 6 nitrogen and oxygen atoms in total.